The third-order valence-corrected chi connectivity index (χ3v) is 4.70. The zero-order valence-corrected chi connectivity index (χ0v) is 14.1. The highest BCUT2D eigenvalue weighted by Crippen LogP contribution is 2.31. The molecule has 3 N–H and O–H groups in total. The Morgan fingerprint density at radius 3 is 2.50 bits per heavy atom. The number of urea groups is 1. The molecule has 0 aromatic carbocycles. The van der Waals surface area contributed by atoms with Crippen LogP contribution in [0.2, 0.25) is 0 Å². The summed E-state index contributed by atoms with van der Waals surface area (Å²) in [5.74, 6) is 0.346. The van der Waals surface area contributed by atoms with E-state index >= 15 is 0 Å². The van der Waals surface area contributed by atoms with E-state index in [0.717, 1.165) is 0 Å². The maximum Gasteiger partial charge on any atom is 0.322 e. The average molecular weight is 334 g/mol. The summed E-state index contributed by atoms with van der Waals surface area (Å²) in [5, 5.41) is 7.93. The monoisotopic (exact) mass is 334 g/mol. The highest BCUT2D eigenvalue weighted by Gasteiger charge is 2.48. The fourth-order valence-corrected chi connectivity index (χ4v) is 3.26. The number of aryl methyl sites for hydroxylation is 1. The van der Waals surface area contributed by atoms with Crippen LogP contribution in [0.5, 0.6) is 0 Å². The van der Waals surface area contributed by atoms with Crippen molar-refractivity contribution in [1.29, 1.82) is 0 Å². The first-order valence-electron chi connectivity index (χ1n) is 8.22. The molecule has 130 valence electrons. The molecule has 2 fully saturated rings. The van der Waals surface area contributed by atoms with Gasteiger partial charge in [-0.1, -0.05) is 13.8 Å². The van der Waals surface area contributed by atoms with Crippen molar-refractivity contribution in [2.45, 2.75) is 64.0 Å². The smallest absolute Gasteiger partial charge is 0.322 e. The van der Waals surface area contributed by atoms with Crippen LogP contribution < -0.4 is 16.0 Å². The summed E-state index contributed by atoms with van der Waals surface area (Å²) in [6, 6.07) is -0.499. The Hall–Kier alpha value is -2.38. The van der Waals surface area contributed by atoms with Crippen LogP contribution in [0.15, 0.2) is 4.42 Å². The lowest BCUT2D eigenvalue weighted by atomic mass is 9.79. The second-order valence-corrected chi connectivity index (χ2v) is 6.86. The maximum atomic E-state index is 12.4. The van der Waals surface area contributed by atoms with Crippen molar-refractivity contribution in [3.63, 3.8) is 0 Å². The fraction of sp³-hybridized carbons (Fsp3) is 0.625. The van der Waals surface area contributed by atoms with Crippen LogP contribution in [-0.4, -0.2) is 34.4 Å². The van der Waals surface area contributed by atoms with Crippen molar-refractivity contribution in [1.82, 2.24) is 20.9 Å². The van der Waals surface area contributed by atoms with Crippen molar-refractivity contribution < 1.29 is 18.8 Å². The SMILES string of the molecule is Cc1nc(C(C)C)oc1C(=O)NC1CCC2(CC1)NC(=O)NC2=O. The summed E-state index contributed by atoms with van der Waals surface area (Å²) in [7, 11) is 0. The molecule has 8 nitrogen and oxygen atoms in total. The topological polar surface area (TPSA) is 113 Å². The first-order valence-corrected chi connectivity index (χ1v) is 8.22. The van der Waals surface area contributed by atoms with Crippen LogP contribution in [0.1, 0.15) is 67.6 Å². The van der Waals surface area contributed by atoms with E-state index in [1.807, 2.05) is 13.8 Å². The molecule has 1 saturated carbocycles. The average Bonchev–Trinajstić information content (AvgIpc) is 3.03. The second-order valence-electron chi connectivity index (χ2n) is 6.86. The molecule has 1 spiro atoms. The third-order valence-electron chi connectivity index (χ3n) is 4.70. The molecule has 0 radical (unpaired) electrons. The predicted octanol–water partition coefficient (Wildman–Crippen LogP) is 1.36. The minimum absolute atomic E-state index is 0.0552. The van der Waals surface area contributed by atoms with Crippen LogP contribution >= 0.6 is 0 Å². The van der Waals surface area contributed by atoms with Gasteiger partial charge in [0, 0.05) is 12.0 Å². The number of hydrogen-bond acceptors (Lipinski definition) is 5. The maximum absolute atomic E-state index is 12.4. The number of aromatic nitrogens is 1. The minimum Gasteiger partial charge on any atom is -0.435 e. The molecule has 1 aromatic rings. The van der Waals surface area contributed by atoms with E-state index in [0.29, 0.717) is 37.3 Å². The first kappa shape index (κ1) is 16.5. The Bertz CT molecular complexity index is 686. The molecule has 2 aliphatic rings. The van der Waals surface area contributed by atoms with Crippen molar-refractivity contribution in [2.75, 3.05) is 0 Å². The van der Waals surface area contributed by atoms with Crippen molar-refractivity contribution in [2.24, 2.45) is 0 Å². The van der Waals surface area contributed by atoms with Gasteiger partial charge in [-0.25, -0.2) is 9.78 Å². The Labute approximate surface area is 139 Å². The number of carbonyl (C=O) groups is 3. The van der Waals surface area contributed by atoms with Crippen molar-refractivity contribution in [3.8, 4) is 0 Å². The Balaban J connectivity index is 1.61. The Morgan fingerprint density at radius 2 is 2.00 bits per heavy atom. The molecular formula is C16H22N4O4. The van der Waals surface area contributed by atoms with Crippen LogP contribution in [0, 0.1) is 6.92 Å². The van der Waals surface area contributed by atoms with Gasteiger partial charge in [0.1, 0.15) is 5.54 Å². The van der Waals surface area contributed by atoms with Crippen LogP contribution in [-0.2, 0) is 4.79 Å². The van der Waals surface area contributed by atoms with Gasteiger partial charge < -0.3 is 15.1 Å². The van der Waals surface area contributed by atoms with Crippen LogP contribution in [0.3, 0.4) is 0 Å². The Kier molecular flexibility index (Phi) is 4.06. The summed E-state index contributed by atoms with van der Waals surface area (Å²) in [6.45, 7) is 5.65. The molecule has 8 heteroatoms. The summed E-state index contributed by atoms with van der Waals surface area (Å²) < 4.78 is 5.56. The molecule has 0 unspecified atom stereocenters. The molecule has 1 aromatic heterocycles. The van der Waals surface area contributed by atoms with Gasteiger partial charge in [0.05, 0.1) is 5.69 Å². The van der Waals surface area contributed by atoms with E-state index in [9.17, 15) is 14.4 Å². The number of carbonyl (C=O) groups excluding carboxylic acids is 3. The van der Waals surface area contributed by atoms with Crippen molar-refractivity contribution in [3.05, 3.63) is 17.3 Å². The second kappa shape index (κ2) is 5.92. The van der Waals surface area contributed by atoms with Crippen molar-refractivity contribution >= 4 is 17.8 Å². The summed E-state index contributed by atoms with van der Waals surface area (Å²) in [4.78, 5) is 39.9. The lowest BCUT2D eigenvalue weighted by Gasteiger charge is -2.34. The number of nitrogens with zero attached hydrogens (tertiary/aromatic N) is 1. The van der Waals surface area contributed by atoms with E-state index < -0.39 is 11.6 Å². The minimum atomic E-state index is -0.814. The molecular weight excluding hydrogens is 312 g/mol. The highest BCUT2D eigenvalue weighted by molar-refractivity contribution is 6.07. The molecule has 1 saturated heterocycles. The van der Waals surface area contributed by atoms with Crippen LogP contribution in [0.25, 0.3) is 0 Å². The quantitative estimate of drug-likeness (QED) is 0.722. The number of oxazole rings is 1. The third kappa shape index (κ3) is 2.88. The normalized spacial score (nSPS) is 26.6. The molecule has 4 amide bonds. The highest BCUT2D eigenvalue weighted by atomic mass is 16.4. The first-order chi connectivity index (χ1) is 11.3. The van der Waals surface area contributed by atoms with E-state index in [2.05, 4.69) is 20.9 Å². The molecule has 3 rings (SSSR count). The number of amides is 4. The summed E-state index contributed by atoms with van der Waals surface area (Å²) >= 11 is 0. The standard InChI is InChI=1S/C16H22N4O4/c1-8(2)13-17-9(3)11(24-13)12(21)18-10-4-6-16(7-5-10)14(22)19-15(23)20-16/h8,10H,4-7H2,1-3H3,(H,18,21)(H2,19,20,22,23). The molecule has 24 heavy (non-hydrogen) atoms. The fourth-order valence-electron chi connectivity index (χ4n) is 3.26. The van der Waals surface area contributed by atoms with Gasteiger partial charge in [-0.2, -0.15) is 0 Å². The van der Waals surface area contributed by atoms with Gasteiger partial charge in [-0.15, -0.1) is 0 Å². The van der Waals surface area contributed by atoms with Gasteiger partial charge in [-0.3, -0.25) is 14.9 Å². The largest absolute Gasteiger partial charge is 0.435 e. The molecule has 0 atom stereocenters. The Morgan fingerprint density at radius 1 is 1.33 bits per heavy atom. The summed E-state index contributed by atoms with van der Waals surface area (Å²) in [5.41, 5.74) is -0.239. The van der Waals surface area contributed by atoms with Gasteiger partial charge in [0.2, 0.25) is 5.76 Å². The van der Waals surface area contributed by atoms with E-state index in [4.69, 9.17) is 4.42 Å². The number of nitrogens with one attached hydrogen (secondary N) is 3. The van der Waals surface area contributed by atoms with E-state index in [-0.39, 0.29) is 29.5 Å². The molecule has 1 aliphatic heterocycles. The van der Waals surface area contributed by atoms with E-state index in [1.165, 1.54) is 0 Å². The number of hydrogen-bond donors (Lipinski definition) is 3. The summed E-state index contributed by atoms with van der Waals surface area (Å²) in [6.07, 6.45) is 2.23. The molecule has 2 heterocycles. The lowest BCUT2D eigenvalue weighted by Crippen LogP contribution is -2.52. The van der Waals surface area contributed by atoms with Gasteiger partial charge in [0.15, 0.2) is 5.89 Å². The lowest BCUT2D eigenvalue weighted by molar-refractivity contribution is -0.125. The van der Waals surface area contributed by atoms with Gasteiger partial charge >= 0.3 is 6.03 Å². The zero-order chi connectivity index (χ0) is 17.5. The zero-order valence-electron chi connectivity index (χ0n) is 14.1. The predicted molar refractivity (Wildman–Crippen MR) is 84.5 cm³/mol. The van der Waals surface area contributed by atoms with Crippen LogP contribution in [0.4, 0.5) is 4.79 Å². The molecule has 0 bridgehead atoms. The number of rotatable bonds is 3. The van der Waals surface area contributed by atoms with E-state index in [1.54, 1.807) is 6.92 Å². The van der Waals surface area contributed by atoms with Gasteiger partial charge in [0.25, 0.3) is 11.8 Å². The molecule has 1 aliphatic carbocycles. The number of imide groups is 1. The van der Waals surface area contributed by atoms with Gasteiger partial charge in [-0.05, 0) is 32.6 Å².